The van der Waals surface area contributed by atoms with Crippen molar-refractivity contribution >= 4 is 21.4 Å². The van der Waals surface area contributed by atoms with Crippen molar-refractivity contribution in [3.8, 4) is 0 Å². The summed E-state index contributed by atoms with van der Waals surface area (Å²) in [5.41, 5.74) is 5.68. The molecule has 1 fully saturated rings. The Morgan fingerprint density at radius 1 is 1.40 bits per heavy atom. The molecular weight excluding hydrogens is 219 g/mol. The van der Waals surface area contributed by atoms with Gasteiger partial charge in [-0.1, -0.05) is 0 Å². The van der Waals surface area contributed by atoms with Crippen molar-refractivity contribution < 1.29 is 12.8 Å². The largest absolute Gasteiger partial charge is 0.399 e. The average Bonchev–Trinajstić information content (AvgIpc) is 2.93. The first-order chi connectivity index (χ1) is 6.99. The molecule has 3 N–H and O–H groups in total. The second kappa shape index (κ2) is 3.37. The summed E-state index contributed by atoms with van der Waals surface area (Å²) >= 11 is 0. The normalized spacial score (nSPS) is 16.3. The minimum Gasteiger partial charge on any atom is -0.399 e. The van der Waals surface area contributed by atoms with Crippen LogP contribution in [0.2, 0.25) is 0 Å². The van der Waals surface area contributed by atoms with Gasteiger partial charge in [0.1, 0.15) is 5.82 Å². The number of hydrogen-bond donors (Lipinski definition) is 2. The first-order valence-corrected chi connectivity index (χ1v) is 6.10. The number of nitrogens with two attached hydrogens (primary N) is 1. The monoisotopic (exact) mass is 230 g/mol. The molecule has 4 nitrogen and oxygen atoms in total. The summed E-state index contributed by atoms with van der Waals surface area (Å²) in [5.74, 6) is -0.617. The molecule has 0 amide bonds. The van der Waals surface area contributed by atoms with E-state index in [1.807, 2.05) is 0 Å². The molecule has 0 spiro atoms. The van der Waals surface area contributed by atoms with Crippen LogP contribution >= 0.6 is 0 Å². The quantitative estimate of drug-likeness (QED) is 0.769. The molecule has 0 bridgehead atoms. The molecular formula is C9H11FN2O2S. The third-order valence-corrected chi connectivity index (χ3v) is 4.06. The van der Waals surface area contributed by atoms with Crippen LogP contribution in [0, 0.1) is 5.82 Å². The lowest BCUT2D eigenvalue weighted by molar-refractivity contribution is 0.597. The number of sulfonamides is 1. The van der Waals surface area contributed by atoms with Crippen LogP contribution in [-0.2, 0) is 10.0 Å². The van der Waals surface area contributed by atoms with Crippen LogP contribution in [0.15, 0.2) is 18.2 Å². The third-order valence-electron chi connectivity index (χ3n) is 2.21. The molecule has 0 aromatic heterocycles. The number of nitrogens with one attached hydrogen (secondary N) is 1. The molecule has 1 aromatic carbocycles. The first-order valence-electron chi connectivity index (χ1n) is 4.56. The van der Waals surface area contributed by atoms with Crippen LogP contribution in [0.4, 0.5) is 15.8 Å². The summed E-state index contributed by atoms with van der Waals surface area (Å²) in [7, 11) is -3.42. The van der Waals surface area contributed by atoms with Gasteiger partial charge in [0.05, 0.1) is 10.9 Å². The highest BCUT2D eigenvalue weighted by Crippen LogP contribution is 2.30. The van der Waals surface area contributed by atoms with E-state index in [1.54, 1.807) is 0 Å². The number of rotatable bonds is 3. The van der Waals surface area contributed by atoms with E-state index in [1.165, 1.54) is 12.1 Å². The van der Waals surface area contributed by atoms with Gasteiger partial charge in [-0.05, 0) is 31.0 Å². The minimum atomic E-state index is -3.42. The number of benzene rings is 1. The molecule has 82 valence electrons. The van der Waals surface area contributed by atoms with Crippen LogP contribution in [0.1, 0.15) is 12.8 Å². The number of hydrogen-bond acceptors (Lipinski definition) is 3. The maximum atomic E-state index is 13.2. The fourth-order valence-electron chi connectivity index (χ4n) is 1.24. The summed E-state index contributed by atoms with van der Waals surface area (Å²) < 4.78 is 38.4. The van der Waals surface area contributed by atoms with E-state index < -0.39 is 15.8 Å². The molecule has 15 heavy (non-hydrogen) atoms. The second-order valence-corrected chi connectivity index (χ2v) is 5.55. The lowest BCUT2D eigenvalue weighted by Crippen LogP contribution is -2.18. The fraction of sp³-hybridized carbons (Fsp3) is 0.333. The predicted octanol–water partition coefficient (Wildman–Crippen LogP) is 1.31. The molecule has 0 atom stereocenters. The molecule has 0 aliphatic heterocycles. The lowest BCUT2D eigenvalue weighted by atomic mass is 10.3. The van der Waals surface area contributed by atoms with E-state index in [0.717, 1.165) is 6.07 Å². The molecule has 1 saturated carbocycles. The van der Waals surface area contributed by atoms with Gasteiger partial charge in [0, 0.05) is 5.69 Å². The minimum absolute atomic E-state index is 0.0816. The molecule has 0 radical (unpaired) electrons. The average molecular weight is 230 g/mol. The highest BCUT2D eigenvalue weighted by atomic mass is 32.2. The highest BCUT2D eigenvalue weighted by Gasteiger charge is 2.36. The lowest BCUT2D eigenvalue weighted by Gasteiger charge is -2.08. The zero-order chi connectivity index (χ0) is 11.1. The van der Waals surface area contributed by atoms with Crippen LogP contribution < -0.4 is 10.5 Å². The Kier molecular flexibility index (Phi) is 2.30. The van der Waals surface area contributed by atoms with Gasteiger partial charge in [0.2, 0.25) is 10.0 Å². The Labute approximate surface area is 87.3 Å². The van der Waals surface area contributed by atoms with E-state index in [-0.39, 0.29) is 10.9 Å². The van der Waals surface area contributed by atoms with Gasteiger partial charge in [-0.25, -0.2) is 12.8 Å². The zero-order valence-electron chi connectivity index (χ0n) is 7.90. The number of nitrogen functional groups attached to an aromatic ring is 1. The van der Waals surface area contributed by atoms with Gasteiger partial charge in [0.15, 0.2) is 0 Å². The Morgan fingerprint density at radius 2 is 2.07 bits per heavy atom. The molecule has 1 aliphatic carbocycles. The summed E-state index contributed by atoms with van der Waals surface area (Å²) in [6.07, 6.45) is 1.28. The Hall–Kier alpha value is -1.30. The molecule has 0 heterocycles. The van der Waals surface area contributed by atoms with E-state index in [0.29, 0.717) is 18.5 Å². The first kappa shape index (κ1) is 10.2. The fourth-order valence-corrected chi connectivity index (χ4v) is 2.62. The van der Waals surface area contributed by atoms with Crippen molar-refractivity contribution in [2.45, 2.75) is 18.1 Å². The van der Waals surface area contributed by atoms with E-state index in [2.05, 4.69) is 4.72 Å². The molecule has 2 rings (SSSR count). The zero-order valence-corrected chi connectivity index (χ0v) is 8.72. The van der Waals surface area contributed by atoms with E-state index in [4.69, 9.17) is 5.73 Å². The van der Waals surface area contributed by atoms with Gasteiger partial charge < -0.3 is 5.73 Å². The summed E-state index contributed by atoms with van der Waals surface area (Å²) in [6, 6.07) is 3.79. The van der Waals surface area contributed by atoms with E-state index in [9.17, 15) is 12.8 Å². The van der Waals surface area contributed by atoms with Gasteiger partial charge in [-0.15, -0.1) is 0 Å². The Morgan fingerprint density at radius 3 is 2.67 bits per heavy atom. The van der Waals surface area contributed by atoms with Crippen molar-refractivity contribution in [3.63, 3.8) is 0 Å². The van der Waals surface area contributed by atoms with Gasteiger partial charge in [0.25, 0.3) is 0 Å². The predicted molar refractivity (Wildman–Crippen MR) is 56.4 cm³/mol. The van der Waals surface area contributed by atoms with Crippen molar-refractivity contribution in [3.05, 3.63) is 24.0 Å². The standard InChI is InChI=1S/C9H11FN2O2S/c10-8-4-1-6(11)5-9(8)12-15(13,14)7-2-3-7/h1,4-5,7,12H,2-3,11H2. The maximum Gasteiger partial charge on any atom is 0.235 e. The molecule has 0 saturated heterocycles. The summed E-state index contributed by atoms with van der Waals surface area (Å²) in [6.45, 7) is 0. The smallest absolute Gasteiger partial charge is 0.235 e. The Balaban J connectivity index is 2.27. The molecule has 0 unspecified atom stereocenters. The topological polar surface area (TPSA) is 72.2 Å². The number of anilines is 2. The SMILES string of the molecule is Nc1ccc(F)c(NS(=O)(=O)C2CC2)c1. The van der Waals surface area contributed by atoms with Crippen molar-refractivity contribution in [2.75, 3.05) is 10.5 Å². The van der Waals surface area contributed by atoms with Crippen molar-refractivity contribution in [1.82, 2.24) is 0 Å². The van der Waals surface area contributed by atoms with Crippen LogP contribution in [0.25, 0.3) is 0 Å². The van der Waals surface area contributed by atoms with Gasteiger partial charge in [-0.2, -0.15) is 0 Å². The second-order valence-electron chi connectivity index (χ2n) is 3.59. The van der Waals surface area contributed by atoms with Gasteiger partial charge >= 0.3 is 0 Å². The molecule has 1 aliphatic rings. The van der Waals surface area contributed by atoms with Crippen molar-refractivity contribution in [1.29, 1.82) is 0 Å². The van der Waals surface area contributed by atoms with Gasteiger partial charge in [-0.3, -0.25) is 4.72 Å². The number of halogens is 1. The Bertz CT molecular complexity index is 483. The van der Waals surface area contributed by atoms with Crippen molar-refractivity contribution in [2.24, 2.45) is 0 Å². The summed E-state index contributed by atoms with van der Waals surface area (Å²) in [5, 5.41) is -0.377. The van der Waals surface area contributed by atoms with Crippen LogP contribution in [0.3, 0.4) is 0 Å². The highest BCUT2D eigenvalue weighted by molar-refractivity contribution is 7.93. The maximum absolute atomic E-state index is 13.2. The van der Waals surface area contributed by atoms with Crippen LogP contribution in [-0.4, -0.2) is 13.7 Å². The third kappa shape index (κ3) is 2.20. The molecule has 6 heteroatoms. The summed E-state index contributed by atoms with van der Waals surface area (Å²) in [4.78, 5) is 0. The van der Waals surface area contributed by atoms with E-state index >= 15 is 0 Å². The van der Waals surface area contributed by atoms with Crippen LogP contribution in [0.5, 0.6) is 0 Å². The molecule has 1 aromatic rings.